The van der Waals surface area contributed by atoms with Gasteiger partial charge in [0.15, 0.2) is 0 Å². The summed E-state index contributed by atoms with van der Waals surface area (Å²) >= 11 is 0. The number of aliphatic carboxylic acids is 1. The van der Waals surface area contributed by atoms with Gasteiger partial charge in [-0.25, -0.2) is 9.59 Å². The smallest absolute Gasteiger partial charge is 0.329 e. The van der Waals surface area contributed by atoms with Crippen LogP contribution in [0.5, 0.6) is 0 Å². The average Bonchev–Trinajstić information content (AvgIpc) is 2.46. The van der Waals surface area contributed by atoms with Crippen LogP contribution in [0.1, 0.15) is 17.2 Å². The molecule has 106 valence electrons. The van der Waals surface area contributed by atoms with E-state index < -0.39 is 23.3 Å². The zero-order valence-electron chi connectivity index (χ0n) is 10.8. The molecular formula is C14H11N3O4. The molecule has 0 fully saturated rings. The molecule has 0 unspecified atom stereocenters. The van der Waals surface area contributed by atoms with Crippen molar-refractivity contribution in [1.82, 2.24) is 9.55 Å². The van der Waals surface area contributed by atoms with Crippen LogP contribution < -0.4 is 11.2 Å². The summed E-state index contributed by atoms with van der Waals surface area (Å²) in [6.45, 7) is 0. The molecule has 0 spiro atoms. The number of hydrogen-bond acceptors (Lipinski definition) is 4. The summed E-state index contributed by atoms with van der Waals surface area (Å²) in [7, 11) is 0. The monoisotopic (exact) mass is 285 g/mol. The van der Waals surface area contributed by atoms with Crippen molar-refractivity contribution in [2.45, 2.75) is 12.5 Å². The molecule has 0 amide bonds. The number of aromatic amines is 1. The van der Waals surface area contributed by atoms with Gasteiger partial charge in [0.2, 0.25) is 0 Å². The molecule has 0 radical (unpaired) electrons. The SMILES string of the molecule is N#Cc1cn([C@H](Cc2ccccc2)C(=O)O)c(=O)[nH]c1=O. The van der Waals surface area contributed by atoms with E-state index in [2.05, 4.69) is 0 Å². The van der Waals surface area contributed by atoms with Crippen molar-refractivity contribution in [3.63, 3.8) is 0 Å². The zero-order chi connectivity index (χ0) is 15.4. The third-order valence-electron chi connectivity index (χ3n) is 2.98. The van der Waals surface area contributed by atoms with Gasteiger partial charge in [-0.2, -0.15) is 5.26 Å². The number of carbonyl (C=O) groups is 1. The summed E-state index contributed by atoms with van der Waals surface area (Å²) in [4.78, 5) is 36.5. The summed E-state index contributed by atoms with van der Waals surface area (Å²) in [5.74, 6) is -1.23. The van der Waals surface area contributed by atoms with E-state index in [-0.39, 0.29) is 12.0 Å². The van der Waals surface area contributed by atoms with Gasteiger partial charge < -0.3 is 5.11 Å². The number of rotatable bonds is 4. The molecule has 0 saturated heterocycles. The number of H-pyrrole nitrogens is 1. The van der Waals surface area contributed by atoms with Crippen molar-refractivity contribution < 1.29 is 9.90 Å². The van der Waals surface area contributed by atoms with E-state index in [4.69, 9.17) is 5.26 Å². The molecule has 1 aromatic heterocycles. The lowest BCUT2D eigenvalue weighted by molar-refractivity contribution is -0.141. The molecule has 1 aromatic carbocycles. The Morgan fingerprint density at radius 2 is 2.00 bits per heavy atom. The number of hydrogen-bond donors (Lipinski definition) is 2. The van der Waals surface area contributed by atoms with Crippen molar-refractivity contribution in [3.8, 4) is 6.07 Å². The van der Waals surface area contributed by atoms with Crippen LogP contribution in [0.4, 0.5) is 0 Å². The van der Waals surface area contributed by atoms with Gasteiger partial charge in [-0.05, 0) is 5.56 Å². The van der Waals surface area contributed by atoms with E-state index in [1.54, 1.807) is 36.4 Å². The summed E-state index contributed by atoms with van der Waals surface area (Å²) < 4.78 is 0.856. The van der Waals surface area contributed by atoms with Crippen LogP contribution in [-0.2, 0) is 11.2 Å². The second-order valence-electron chi connectivity index (χ2n) is 4.36. The molecule has 1 atom stereocenters. The molecule has 0 bridgehead atoms. The largest absolute Gasteiger partial charge is 0.480 e. The summed E-state index contributed by atoms with van der Waals surface area (Å²) in [6.07, 6.45) is 1.04. The van der Waals surface area contributed by atoms with Gasteiger partial charge in [-0.3, -0.25) is 14.3 Å². The van der Waals surface area contributed by atoms with E-state index in [0.29, 0.717) is 0 Å². The quantitative estimate of drug-likeness (QED) is 0.836. The van der Waals surface area contributed by atoms with Crippen LogP contribution in [0, 0.1) is 11.3 Å². The number of benzene rings is 1. The van der Waals surface area contributed by atoms with Gasteiger partial charge >= 0.3 is 11.7 Å². The Balaban J connectivity index is 2.49. The van der Waals surface area contributed by atoms with Crippen molar-refractivity contribution in [2.24, 2.45) is 0 Å². The highest BCUT2D eigenvalue weighted by atomic mass is 16.4. The fourth-order valence-corrected chi connectivity index (χ4v) is 1.94. The zero-order valence-corrected chi connectivity index (χ0v) is 10.8. The van der Waals surface area contributed by atoms with E-state index in [1.165, 1.54) is 0 Å². The lowest BCUT2D eigenvalue weighted by atomic mass is 10.1. The van der Waals surface area contributed by atoms with Crippen molar-refractivity contribution in [2.75, 3.05) is 0 Å². The van der Waals surface area contributed by atoms with E-state index in [0.717, 1.165) is 16.3 Å². The number of aromatic nitrogens is 2. The lowest BCUT2D eigenvalue weighted by Gasteiger charge is -2.15. The van der Waals surface area contributed by atoms with Gasteiger partial charge in [0.1, 0.15) is 17.7 Å². The second kappa shape index (κ2) is 5.88. The van der Waals surface area contributed by atoms with Gasteiger partial charge in [0.25, 0.3) is 5.56 Å². The number of nitriles is 1. The van der Waals surface area contributed by atoms with Crippen LogP contribution in [-0.4, -0.2) is 20.6 Å². The minimum Gasteiger partial charge on any atom is -0.480 e. The first-order valence-electron chi connectivity index (χ1n) is 6.05. The number of nitrogens with one attached hydrogen (secondary N) is 1. The predicted molar refractivity (Wildman–Crippen MR) is 72.9 cm³/mol. The first-order chi connectivity index (χ1) is 10.0. The number of carboxylic acid groups (broad SMARTS) is 1. The van der Waals surface area contributed by atoms with Crippen LogP contribution >= 0.6 is 0 Å². The molecule has 0 aliphatic heterocycles. The fourth-order valence-electron chi connectivity index (χ4n) is 1.94. The molecule has 0 aliphatic rings. The maximum absolute atomic E-state index is 11.8. The number of nitrogens with zero attached hydrogens (tertiary/aromatic N) is 2. The van der Waals surface area contributed by atoms with Crippen LogP contribution in [0.3, 0.4) is 0 Å². The first-order valence-corrected chi connectivity index (χ1v) is 6.05. The van der Waals surface area contributed by atoms with Crippen molar-refractivity contribution >= 4 is 5.97 Å². The Morgan fingerprint density at radius 3 is 2.57 bits per heavy atom. The summed E-state index contributed by atoms with van der Waals surface area (Å²) in [5.41, 5.74) is -1.28. The summed E-state index contributed by atoms with van der Waals surface area (Å²) in [6, 6.07) is 9.19. The molecule has 1 heterocycles. The van der Waals surface area contributed by atoms with Crippen LogP contribution in [0.25, 0.3) is 0 Å². The maximum atomic E-state index is 11.8. The van der Waals surface area contributed by atoms with Gasteiger partial charge in [0.05, 0.1) is 0 Å². The number of carboxylic acids is 1. The second-order valence-corrected chi connectivity index (χ2v) is 4.36. The predicted octanol–water partition coefficient (Wildman–Crippen LogP) is 0.277. The normalized spacial score (nSPS) is 11.6. The van der Waals surface area contributed by atoms with E-state index in [9.17, 15) is 19.5 Å². The molecule has 7 heteroatoms. The van der Waals surface area contributed by atoms with Crippen LogP contribution in [0.15, 0.2) is 46.1 Å². The van der Waals surface area contributed by atoms with Crippen molar-refractivity contribution in [3.05, 3.63) is 68.5 Å². The Bertz CT molecular complexity index is 815. The fraction of sp³-hybridized carbons (Fsp3) is 0.143. The van der Waals surface area contributed by atoms with Gasteiger partial charge in [-0.1, -0.05) is 30.3 Å². The standard InChI is InChI=1S/C14H11N3O4/c15-7-10-8-17(14(21)16-12(10)18)11(13(19)20)6-9-4-2-1-3-5-9/h1-5,8,11H,6H2,(H,19,20)(H,16,18,21)/t11-/m1/s1. The molecule has 2 N–H and O–H groups in total. The van der Waals surface area contributed by atoms with Crippen molar-refractivity contribution in [1.29, 1.82) is 5.26 Å². The molecule has 21 heavy (non-hydrogen) atoms. The third kappa shape index (κ3) is 3.06. The molecule has 0 aliphatic carbocycles. The highest BCUT2D eigenvalue weighted by Crippen LogP contribution is 2.13. The van der Waals surface area contributed by atoms with Gasteiger partial charge in [0, 0.05) is 12.6 Å². The Labute approximate surface area is 118 Å². The Morgan fingerprint density at radius 1 is 1.33 bits per heavy atom. The van der Waals surface area contributed by atoms with Crippen LogP contribution in [0.2, 0.25) is 0 Å². The Hall–Kier alpha value is -3.14. The molecule has 2 aromatic rings. The molecule has 0 saturated carbocycles. The third-order valence-corrected chi connectivity index (χ3v) is 2.98. The first kappa shape index (κ1) is 14.3. The van der Waals surface area contributed by atoms with E-state index in [1.807, 2.05) is 4.98 Å². The molecule has 2 rings (SSSR count). The minimum atomic E-state index is -1.23. The topological polar surface area (TPSA) is 116 Å². The highest BCUT2D eigenvalue weighted by molar-refractivity contribution is 5.72. The average molecular weight is 285 g/mol. The highest BCUT2D eigenvalue weighted by Gasteiger charge is 2.22. The Kier molecular flexibility index (Phi) is 4.00. The maximum Gasteiger partial charge on any atom is 0.329 e. The molecule has 7 nitrogen and oxygen atoms in total. The minimum absolute atomic E-state index is 0.0625. The molecular weight excluding hydrogens is 274 g/mol. The van der Waals surface area contributed by atoms with E-state index >= 15 is 0 Å². The van der Waals surface area contributed by atoms with Gasteiger partial charge in [-0.15, -0.1) is 0 Å². The summed E-state index contributed by atoms with van der Waals surface area (Å²) in [5, 5.41) is 18.1. The lowest BCUT2D eigenvalue weighted by Crippen LogP contribution is -2.37.